The number of morpholine rings is 1. The van der Waals surface area contributed by atoms with Crippen LogP contribution in [0.5, 0.6) is 0 Å². The van der Waals surface area contributed by atoms with Crippen LogP contribution in [0.25, 0.3) is 10.8 Å². The summed E-state index contributed by atoms with van der Waals surface area (Å²) in [5, 5.41) is 13.1. The number of likely N-dealkylation sites (tertiary alicyclic amines) is 1. The van der Waals surface area contributed by atoms with Crippen LogP contribution in [0.1, 0.15) is 17.9 Å². The molecule has 132 valence electrons. The third kappa shape index (κ3) is 3.34. The summed E-state index contributed by atoms with van der Waals surface area (Å²) in [4.78, 5) is 16.2. The number of β-amino-alcohol motifs (C(OH)–C–C–N with tert-alkyl or cyclic N) is 1. The lowest BCUT2D eigenvalue weighted by Gasteiger charge is -2.39. The number of piperidine rings is 1. The molecule has 2 aromatic rings. The van der Waals surface area contributed by atoms with Crippen LogP contribution in [-0.2, 0) is 4.74 Å². The van der Waals surface area contributed by atoms with Gasteiger partial charge in [0.15, 0.2) is 0 Å². The molecule has 0 spiro atoms. The maximum atomic E-state index is 12.6. The summed E-state index contributed by atoms with van der Waals surface area (Å²) in [5.74, 6) is 0.0818. The normalized spacial score (nSPS) is 24.5. The van der Waals surface area contributed by atoms with Gasteiger partial charge < -0.3 is 19.6 Å². The number of benzene rings is 2. The number of ether oxygens (including phenoxy) is 1. The van der Waals surface area contributed by atoms with Crippen LogP contribution >= 0.6 is 0 Å². The van der Waals surface area contributed by atoms with E-state index in [2.05, 4.69) is 30.3 Å². The summed E-state index contributed by atoms with van der Waals surface area (Å²) in [5.41, 5.74) is 1.16. The Morgan fingerprint density at radius 3 is 2.52 bits per heavy atom. The Labute approximate surface area is 147 Å². The maximum absolute atomic E-state index is 12.6. The molecule has 0 aliphatic carbocycles. The smallest absolute Gasteiger partial charge is 0.320 e. The first-order valence-electron chi connectivity index (χ1n) is 9.01. The summed E-state index contributed by atoms with van der Waals surface area (Å²) in [6.07, 6.45) is 0.259. The molecular weight excluding hydrogens is 316 g/mol. The van der Waals surface area contributed by atoms with Gasteiger partial charge in [0.2, 0.25) is 0 Å². The number of carbonyl (C=O) groups excluding carboxylic acids is 1. The van der Waals surface area contributed by atoms with Crippen molar-refractivity contribution < 1.29 is 14.6 Å². The van der Waals surface area contributed by atoms with Gasteiger partial charge in [-0.1, -0.05) is 42.5 Å². The third-order valence-corrected chi connectivity index (χ3v) is 5.34. The number of hydrogen-bond donors (Lipinski definition) is 1. The van der Waals surface area contributed by atoms with E-state index in [4.69, 9.17) is 4.74 Å². The number of fused-ring (bicyclic) bond motifs is 1. The lowest BCUT2D eigenvalue weighted by Crippen LogP contribution is -2.53. The molecule has 0 unspecified atom stereocenters. The summed E-state index contributed by atoms with van der Waals surface area (Å²) < 4.78 is 5.31. The number of carbonyl (C=O) groups is 1. The first-order chi connectivity index (χ1) is 12.2. The molecule has 2 aliphatic heterocycles. The van der Waals surface area contributed by atoms with Crippen molar-refractivity contribution in [2.24, 2.45) is 0 Å². The molecule has 0 aromatic heterocycles. The Hall–Kier alpha value is -2.11. The van der Waals surface area contributed by atoms with Crippen molar-refractivity contribution in [3.05, 3.63) is 48.0 Å². The van der Waals surface area contributed by atoms with Gasteiger partial charge in [-0.15, -0.1) is 0 Å². The van der Waals surface area contributed by atoms with E-state index >= 15 is 0 Å². The second-order valence-electron chi connectivity index (χ2n) is 6.90. The van der Waals surface area contributed by atoms with Crippen LogP contribution in [-0.4, -0.2) is 66.4 Å². The first kappa shape index (κ1) is 16.4. The summed E-state index contributed by atoms with van der Waals surface area (Å²) in [6.45, 7) is 3.56. The molecule has 0 saturated carbocycles. The zero-order valence-electron chi connectivity index (χ0n) is 14.3. The molecular formula is C20H24N2O3. The lowest BCUT2D eigenvalue weighted by molar-refractivity contribution is 0.0244. The minimum absolute atomic E-state index is 0.0271. The number of aliphatic hydroxyl groups is 1. The van der Waals surface area contributed by atoms with E-state index in [1.54, 1.807) is 4.90 Å². The van der Waals surface area contributed by atoms with Crippen molar-refractivity contribution in [3.63, 3.8) is 0 Å². The van der Waals surface area contributed by atoms with Crippen molar-refractivity contribution in [2.45, 2.75) is 18.4 Å². The van der Waals surface area contributed by atoms with Crippen LogP contribution in [0, 0.1) is 0 Å². The molecule has 2 aromatic carbocycles. The summed E-state index contributed by atoms with van der Waals surface area (Å²) >= 11 is 0. The van der Waals surface area contributed by atoms with Gasteiger partial charge in [-0.25, -0.2) is 4.79 Å². The zero-order chi connectivity index (χ0) is 17.2. The second-order valence-corrected chi connectivity index (χ2v) is 6.90. The molecule has 2 aliphatic rings. The zero-order valence-corrected chi connectivity index (χ0v) is 14.3. The highest BCUT2D eigenvalue weighted by molar-refractivity contribution is 5.83. The second kappa shape index (κ2) is 7.02. The number of rotatable bonds is 1. The van der Waals surface area contributed by atoms with Crippen LogP contribution in [0.4, 0.5) is 4.79 Å². The Morgan fingerprint density at radius 1 is 1.00 bits per heavy atom. The molecule has 0 bridgehead atoms. The molecule has 25 heavy (non-hydrogen) atoms. The highest BCUT2D eigenvalue weighted by Gasteiger charge is 2.33. The van der Waals surface area contributed by atoms with E-state index in [0.29, 0.717) is 39.4 Å². The standard InChI is InChI=1S/C20H24N2O3/c23-19-14-22(20(24)21-9-11-25-12-10-21)8-7-18(19)17-6-5-15-3-1-2-4-16(15)13-17/h1-6,13,18-19,23H,7-12,14H2/t18-,19+/m0/s1. The average molecular weight is 340 g/mol. The monoisotopic (exact) mass is 340 g/mol. The fraction of sp³-hybridized carbons (Fsp3) is 0.450. The molecule has 5 nitrogen and oxygen atoms in total. The highest BCUT2D eigenvalue weighted by atomic mass is 16.5. The highest BCUT2D eigenvalue weighted by Crippen LogP contribution is 2.31. The van der Waals surface area contributed by atoms with E-state index < -0.39 is 6.10 Å². The van der Waals surface area contributed by atoms with Gasteiger partial charge in [-0.2, -0.15) is 0 Å². The van der Waals surface area contributed by atoms with Gasteiger partial charge in [0.1, 0.15) is 0 Å². The quantitative estimate of drug-likeness (QED) is 0.867. The van der Waals surface area contributed by atoms with Crippen molar-refractivity contribution in [1.29, 1.82) is 0 Å². The largest absolute Gasteiger partial charge is 0.391 e. The SMILES string of the molecule is O=C(N1CCOCC1)N1CC[C@@H](c2ccc3ccccc3c2)[C@H](O)C1. The predicted octanol–water partition coefficient (Wildman–Crippen LogP) is 2.44. The maximum Gasteiger partial charge on any atom is 0.320 e. The molecule has 2 atom stereocenters. The number of urea groups is 1. The van der Waals surface area contributed by atoms with E-state index in [9.17, 15) is 9.90 Å². The predicted molar refractivity (Wildman–Crippen MR) is 96.7 cm³/mol. The van der Waals surface area contributed by atoms with E-state index in [0.717, 1.165) is 12.0 Å². The summed E-state index contributed by atoms with van der Waals surface area (Å²) in [6, 6.07) is 14.7. The lowest BCUT2D eigenvalue weighted by atomic mass is 9.86. The van der Waals surface area contributed by atoms with Crippen molar-refractivity contribution >= 4 is 16.8 Å². The Balaban J connectivity index is 1.46. The summed E-state index contributed by atoms with van der Waals surface area (Å²) in [7, 11) is 0. The molecule has 5 heteroatoms. The number of nitrogens with zero attached hydrogens (tertiary/aromatic N) is 2. The Morgan fingerprint density at radius 2 is 1.76 bits per heavy atom. The molecule has 1 N–H and O–H groups in total. The van der Waals surface area contributed by atoms with Gasteiger partial charge in [-0.3, -0.25) is 0 Å². The van der Waals surface area contributed by atoms with Crippen LogP contribution < -0.4 is 0 Å². The fourth-order valence-corrected chi connectivity index (χ4v) is 3.89. The number of hydrogen-bond acceptors (Lipinski definition) is 3. The molecule has 2 heterocycles. The van der Waals surface area contributed by atoms with E-state index in [-0.39, 0.29) is 11.9 Å². The number of amides is 2. The van der Waals surface area contributed by atoms with Gasteiger partial charge >= 0.3 is 6.03 Å². The Kier molecular flexibility index (Phi) is 4.59. The Bertz CT molecular complexity index is 757. The molecule has 4 rings (SSSR count). The minimum Gasteiger partial charge on any atom is -0.391 e. The first-order valence-corrected chi connectivity index (χ1v) is 9.01. The van der Waals surface area contributed by atoms with Crippen LogP contribution in [0.3, 0.4) is 0 Å². The van der Waals surface area contributed by atoms with E-state index in [1.165, 1.54) is 10.8 Å². The van der Waals surface area contributed by atoms with Gasteiger partial charge in [-0.05, 0) is 22.8 Å². The van der Waals surface area contributed by atoms with E-state index in [1.807, 2.05) is 17.0 Å². The van der Waals surface area contributed by atoms with Gasteiger partial charge in [0.25, 0.3) is 0 Å². The molecule has 0 radical (unpaired) electrons. The van der Waals surface area contributed by atoms with Crippen LogP contribution in [0.2, 0.25) is 0 Å². The molecule has 2 saturated heterocycles. The topological polar surface area (TPSA) is 53.0 Å². The average Bonchev–Trinajstić information content (AvgIpc) is 2.67. The third-order valence-electron chi connectivity index (χ3n) is 5.34. The fourth-order valence-electron chi connectivity index (χ4n) is 3.89. The number of aliphatic hydroxyl groups excluding tert-OH is 1. The van der Waals surface area contributed by atoms with Crippen LogP contribution in [0.15, 0.2) is 42.5 Å². The van der Waals surface area contributed by atoms with Gasteiger partial charge in [0, 0.05) is 32.1 Å². The minimum atomic E-state index is -0.528. The van der Waals surface area contributed by atoms with Crippen molar-refractivity contribution in [2.75, 3.05) is 39.4 Å². The van der Waals surface area contributed by atoms with Crippen molar-refractivity contribution in [3.8, 4) is 0 Å². The molecule has 2 amide bonds. The van der Waals surface area contributed by atoms with Gasteiger partial charge in [0.05, 0.1) is 19.3 Å². The van der Waals surface area contributed by atoms with Crippen molar-refractivity contribution in [1.82, 2.24) is 9.80 Å². The molecule has 2 fully saturated rings.